The molecule has 2 aromatic rings. The van der Waals surface area contributed by atoms with Crippen molar-refractivity contribution in [2.24, 2.45) is 0 Å². The van der Waals surface area contributed by atoms with Crippen LogP contribution < -0.4 is 4.90 Å². The monoisotopic (exact) mass is 339 g/mol. The molecule has 116 valence electrons. The van der Waals surface area contributed by atoms with Crippen molar-refractivity contribution in [3.8, 4) is 0 Å². The minimum Gasteiger partial charge on any atom is -0.425 e. The molecule has 0 bridgehead atoms. The van der Waals surface area contributed by atoms with Gasteiger partial charge in [-0.2, -0.15) is 0 Å². The first-order chi connectivity index (χ1) is 10.5. The second-order valence-corrected chi connectivity index (χ2v) is 6.12. The highest BCUT2D eigenvalue weighted by atomic mass is 35.5. The molecule has 1 amide bonds. The molecule has 0 radical (unpaired) electrons. The van der Waals surface area contributed by atoms with E-state index in [1.807, 2.05) is 13.0 Å². The Kier molecular flexibility index (Phi) is 4.10. The van der Waals surface area contributed by atoms with Crippen molar-refractivity contribution in [3.63, 3.8) is 0 Å². The van der Waals surface area contributed by atoms with E-state index in [4.69, 9.17) is 27.6 Å². The van der Waals surface area contributed by atoms with Crippen molar-refractivity contribution in [2.45, 2.75) is 33.1 Å². The van der Waals surface area contributed by atoms with Gasteiger partial charge in [0.2, 0.25) is 17.7 Å². The predicted octanol–water partition coefficient (Wildman–Crippen LogP) is 3.52. The summed E-state index contributed by atoms with van der Waals surface area (Å²) in [5, 5.41) is 8.82. The summed E-state index contributed by atoms with van der Waals surface area (Å²) in [7, 11) is 0. The molecular formula is C15H15Cl2N3O2. The Morgan fingerprint density at radius 2 is 2.14 bits per heavy atom. The zero-order valence-corrected chi connectivity index (χ0v) is 13.8. The first-order valence-electron chi connectivity index (χ1n) is 7.04. The van der Waals surface area contributed by atoms with Crippen LogP contribution in [0.25, 0.3) is 0 Å². The van der Waals surface area contributed by atoms with E-state index in [0.29, 0.717) is 28.4 Å². The predicted molar refractivity (Wildman–Crippen MR) is 84.6 cm³/mol. The summed E-state index contributed by atoms with van der Waals surface area (Å²) in [6.07, 6.45) is 1.78. The van der Waals surface area contributed by atoms with Gasteiger partial charge in [0.1, 0.15) is 6.42 Å². The number of carbonyl (C=O) groups excluding carboxylic acids is 1. The molecule has 0 spiro atoms. The van der Waals surface area contributed by atoms with Crippen LogP contribution in [-0.4, -0.2) is 22.6 Å². The van der Waals surface area contributed by atoms with E-state index < -0.39 is 0 Å². The number of fused-ring (bicyclic) bond motifs is 1. The third-order valence-corrected chi connectivity index (χ3v) is 4.70. The number of halogens is 2. The largest absolute Gasteiger partial charge is 0.425 e. The number of hydrogen-bond donors (Lipinski definition) is 0. The molecule has 1 aromatic heterocycles. The highest BCUT2D eigenvalue weighted by molar-refractivity contribution is 6.37. The Balaban J connectivity index is 1.92. The minimum absolute atomic E-state index is 0.0728. The Hall–Kier alpha value is -1.59. The number of hydrogen-bond acceptors (Lipinski definition) is 4. The van der Waals surface area contributed by atoms with Gasteiger partial charge in [-0.15, -0.1) is 10.2 Å². The van der Waals surface area contributed by atoms with Gasteiger partial charge in [-0.1, -0.05) is 23.2 Å². The third-order valence-electron chi connectivity index (χ3n) is 3.80. The smallest absolute Gasteiger partial charge is 0.236 e. The fourth-order valence-electron chi connectivity index (χ4n) is 2.66. The van der Waals surface area contributed by atoms with Crippen LogP contribution >= 0.6 is 23.2 Å². The Labute approximate surface area is 138 Å². The van der Waals surface area contributed by atoms with Gasteiger partial charge in [0.15, 0.2) is 0 Å². The molecule has 2 heterocycles. The summed E-state index contributed by atoms with van der Waals surface area (Å²) in [5.41, 5.74) is 2.61. The number of anilines is 1. The van der Waals surface area contributed by atoms with Crippen molar-refractivity contribution < 1.29 is 9.21 Å². The molecular weight excluding hydrogens is 325 g/mol. The molecule has 0 aliphatic carbocycles. The van der Waals surface area contributed by atoms with Crippen LogP contribution in [0.2, 0.25) is 10.0 Å². The van der Waals surface area contributed by atoms with Crippen LogP contribution in [0.4, 0.5) is 5.69 Å². The van der Waals surface area contributed by atoms with Crippen LogP contribution in [0.15, 0.2) is 10.5 Å². The molecule has 1 aliphatic heterocycles. The molecule has 7 heteroatoms. The van der Waals surface area contributed by atoms with Gasteiger partial charge in [-0.05, 0) is 37.0 Å². The standard InChI is InChI=1S/C15H15Cl2N3O2/c1-8-11(16)6-12-10(15(8)17)4-3-5-20(12)14(21)7-13-19-18-9(2)22-13/h6H,3-5,7H2,1-2H3. The average Bonchev–Trinajstić information content (AvgIpc) is 2.89. The van der Waals surface area contributed by atoms with Gasteiger partial charge >= 0.3 is 0 Å². The van der Waals surface area contributed by atoms with Crippen LogP contribution in [0, 0.1) is 13.8 Å². The molecule has 0 saturated carbocycles. The molecule has 3 rings (SSSR count). The molecule has 22 heavy (non-hydrogen) atoms. The van der Waals surface area contributed by atoms with Crippen LogP contribution in [0.3, 0.4) is 0 Å². The summed E-state index contributed by atoms with van der Waals surface area (Å²) in [6, 6.07) is 1.81. The first-order valence-corrected chi connectivity index (χ1v) is 7.79. The van der Waals surface area contributed by atoms with Crippen molar-refractivity contribution in [1.82, 2.24) is 10.2 Å². The van der Waals surface area contributed by atoms with Crippen LogP contribution in [-0.2, 0) is 17.6 Å². The van der Waals surface area contributed by atoms with Crippen molar-refractivity contribution in [2.75, 3.05) is 11.4 Å². The lowest BCUT2D eigenvalue weighted by molar-refractivity contribution is -0.118. The molecule has 0 saturated heterocycles. The second-order valence-electron chi connectivity index (χ2n) is 5.34. The zero-order chi connectivity index (χ0) is 15.9. The van der Waals surface area contributed by atoms with E-state index >= 15 is 0 Å². The van der Waals surface area contributed by atoms with Gasteiger partial charge in [0.25, 0.3) is 0 Å². The third kappa shape index (κ3) is 2.71. The number of aromatic nitrogens is 2. The Morgan fingerprint density at radius 3 is 2.82 bits per heavy atom. The quantitative estimate of drug-likeness (QED) is 0.839. The fourth-order valence-corrected chi connectivity index (χ4v) is 3.20. The van der Waals surface area contributed by atoms with Gasteiger partial charge in [0.05, 0.1) is 5.02 Å². The molecule has 0 unspecified atom stereocenters. The second kappa shape index (κ2) is 5.89. The zero-order valence-electron chi connectivity index (χ0n) is 12.3. The SMILES string of the molecule is Cc1nnc(CC(=O)N2CCCc3c2cc(Cl)c(C)c3Cl)o1. The van der Waals surface area contributed by atoms with Crippen molar-refractivity contribution >= 4 is 34.8 Å². The van der Waals surface area contributed by atoms with E-state index in [9.17, 15) is 4.79 Å². The summed E-state index contributed by atoms with van der Waals surface area (Å²) in [5.74, 6) is 0.670. The number of amides is 1. The maximum absolute atomic E-state index is 12.6. The van der Waals surface area contributed by atoms with Gasteiger partial charge in [-0.25, -0.2) is 0 Å². The minimum atomic E-state index is -0.0967. The Morgan fingerprint density at radius 1 is 1.36 bits per heavy atom. The Bertz CT molecular complexity index is 743. The molecule has 0 N–H and O–H groups in total. The number of nitrogens with zero attached hydrogens (tertiary/aromatic N) is 3. The maximum Gasteiger partial charge on any atom is 0.236 e. The molecule has 0 fully saturated rings. The van der Waals surface area contributed by atoms with Crippen molar-refractivity contribution in [1.29, 1.82) is 0 Å². The van der Waals surface area contributed by atoms with E-state index in [1.165, 1.54) is 0 Å². The highest BCUT2D eigenvalue weighted by Gasteiger charge is 2.27. The highest BCUT2D eigenvalue weighted by Crippen LogP contribution is 2.38. The molecule has 5 nitrogen and oxygen atoms in total. The van der Waals surface area contributed by atoms with Crippen molar-refractivity contribution in [3.05, 3.63) is 39.0 Å². The van der Waals surface area contributed by atoms with Crippen LogP contribution in [0.5, 0.6) is 0 Å². The summed E-state index contributed by atoms with van der Waals surface area (Å²) >= 11 is 12.6. The lowest BCUT2D eigenvalue weighted by atomic mass is 9.99. The topological polar surface area (TPSA) is 59.2 Å². The van der Waals surface area contributed by atoms with E-state index in [1.54, 1.807) is 11.8 Å². The number of aryl methyl sites for hydroxylation is 1. The molecule has 0 atom stereocenters. The van der Waals surface area contributed by atoms with E-state index in [-0.39, 0.29) is 12.3 Å². The number of benzene rings is 1. The normalized spacial score (nSPS) is 14.1. The van der Waals surface area contributed by atoms with Gasteiger partial charge in [0, 0.05) is 24.2 Å². The lowest BCUT2D eigenvalue weighted by Crippen LogP contribution is -2.36. The fraction of sp³-hybridized carbons (Fsp3) is 0.400. The number of rotatable bonds is 2. The lowest BCUT2D eigenvalue weighted by Gasteiger charge is -2.30. The molecule has 1 aromatic carbocycles. The van der Waals surface area contributed by atoms with E-state index in [0.717, 1.165) is 29.7 Å². The van der Waals surface area contributed by atoms with Crippen LogP contribution in [0.1, 0.15) is 29.3 Å². The first kappa shape index (κ1) is 15.3. The van der Waals surface area contributed by atoms with Gasteiger partial charge < -0.3 is 9.32 Å². The van der Waals surface area contributed by atoms with E-state index in [2.05, 4.69) is 10.2 Å². The summed E-state index contributed by atoms with van der Waals surface area (Å²) in [4.78, 5) is 14.3. The molecule has 1 aliphatic rings. The average molecular weight is 340 g/mol. The van der Waals surface area contributed by atoms with Gasteiger partial charge in [-0.3, -0.25) is 4.79 Å². The maximum atomic E-state index is 12.6. The summed E-state index contributed by atoms with van der Waals surface area (Å²) in [6.45, 7) is 4.21. The summed E-state index contributed by atoms with van der Waals surface area (Å²) < 4.78 is 5.28. The number of carbonyl (C=O) groups is 1.